The molecule has 0 saturated carbocycles. The average molecular weight is 657 g/mol. The summed E-state index contributed by atoms with van der Waals surface area (Å²) in [4.78, 5) is 6.65. The molecule has 244 valence electrons. The first-order valence-corrected chi connectivity index (χ1v) is 17.8. The second-order valence-electron chi connectivity index (χ2n) is 14.3. The van der Waals surface area contributed by atoms with Crippen LogP contribution in [0.3, 0.4) is 0 Å². The summed E-state index contributed by atoms with van der Waals surface area (Å²) in [5.41, 5.74) is 16.7. The lowest BCUT2D eigenvalue weighted by Gasteiger charge is -2.28. The minimum absolute atomic E-state index is 0.0774. The Morgan fingerprint density at radius 1 is 0.647 bits per heavy atom. The van der Waals surface area contributed by atoms with Crippen molar-refractivity contribution in [2.45, 2.75) is 25.7 Å². The van der Waals surface area contributed by atoms with Crippen molar-refractivity contribution in [1.29, 1.82) is 0 Å². The Kier molecular flexibility index (Phi) is 6.66. The van der Waals surface area contributed by atoms with Crippen molar-refractivity contribution in [3.05, 3.63) is 191 Å². The number of furan rings is 1. The number of fused-ring (bicyclic) bond motifs is 7. The van der Waals surface area contributed by atoms with Gasteiger partial charge in [-0.05, 0) is 106 Å². The lowest BCUT2D eigenvalue weighted by Crippen LogP contribution is -2.33. The average Bonchev–Trinajstić information content (AvgIpc) is 3.69. The van der Waals surface area contributed by atoms with Gasteiger partial charge in [0, 0.05) is 57.0 Å². The zero-order valence-electron chi connectivity index (χ0n) is 28.7. The van der Waals surface area contributed by atoms with Gasteiger partial charge < -0.3 is 9.32 Å². The van der Waals surface area contributed by atoms with Gasteiger partial charge in [-0.3, -0.25) is 4.98 Å². The molecule has 0 radical (unpaired) electrons. The topological polar surface area (TPSA) is 29.3 Å². The highest BCUT2D eigenvalue weighted by Gasteiger charge is 2.36. The minimum Gasteiger partial charge on any atom is -0.456 e. The number of aromatic nitrogens is 1. The van der Waals surface area contributed by atoms with E-state index in [0.717, 1.165) is 40.0 Å². The molecule has 2 aromatic heterocycles. The van der Waals surface area contributed by atoms with Crippen LogP contribution in [0.25, 0.3) is 44.4 Å². The van der Waals surface area contributed by atoms with Gasteiger partial charge in [-0.1, -0.05) is 111 Å². The summed E-state index contributed by atoms with van der Waals surface area (Å²) in [6.45, 7) is 4.69. The molecule has 3 aliphatic rings. The maximum atomic E-state index is 6.83. The number of anilines is 3. The Morgan fingerprint density at radius 2 is 1.37 bits per heavy atom. The fourth-order valence-corrected chi connectivity index (χ4v) is 8.67. The van der Waals surface area contributed by atoms with Crippen molar-refractivity contribution in [3.63, 3.8) is 0 Å². The summed E-state index contributed by atoms with van der Waals surface area (Å²) < 4.78 is 6.83. The largest absolute Gasteiger partial charge is 0.456 e. The zero-order chi connectivity index (χ0) is 34.1. The van der Waals surface area contributed by atoms with Crippen LogP contribution in [0.2, 0.25) is 0 Å². The fourth-order valence-electron chi connectivity index (χ4n) is 8.67. The van der Waals surface area contributed by atoms with Crippen LogP contribution in [-0.4, -0.2) is 4.98 Å². The molecule has 1 unspecified atom stereocenters. The summed E-state index contributed by atoms with van der Waals surface area (Å²) in [6, 6.07) is 46.2. The molecule has 10 rings (SSSR count). The maximum Gasteiger partial charge on any atom is 0.139 e. The van der Waals surface area contributed by atoms with Crippen molar-refractivity contribution in [2.24, 2.45) is 5.92 Å². The van der Waals surface area contributed by atoms with Crippen LogP contribution in [0.15, 0.2) is 169 Å². The number of allylic oxidation sites excluding steroid dienone is 4. The number of hydrogen-bond donors (Lipinski definition) is 0. The summed E-state index contributed by atoms with van der Waals surface area (Å²) in [7, 11) is 0. The first-order chi connectivity index (χ1) is 25.1. The van der Waals surface area contributed by atoms with E-state index in [1.54, 1.807) is 0 Å². The van der Waals surface area contributed by atoms with E-state index in [4.69, 9.17) is 4.42 Å². The molecule has 0 N–H and O–H groups in total. The summed E-state index contributed by atoms with van der Waals surface area (Å²) in [5, 5.41) is 2.38. The predicted molar refractivity (Wildman–Crippen MR) is 210 cm³/mol. The number of hydrogen-bond acceptors (Lipinski definition) is 3. The standard InChI is InChI=1S/C48H36N2O/c1-48(2)42-17-9-8-15-39(42)40-24-23-36(30-43(40)48)50(34-12-4-3-5-13-34)35-21-19-31(20-22-35)41-29-33-11-6-7-14-38(33)46-45-37(32-25-27-49-28-26-32)16-10-18-44(45)51-47(41)46/h3-28,30,33H,29H2,1-2H3. The predicted octanol–water partition coefficient (Wildman–Crippen LogP) is 10.8. The smallest absolute Gasteiger partial charge is 0.139 e. The number of nitrogens with zero attached hydrogens (tertiary/aromatic N) is 2. The molecule has 5 aromatic carbocycles. The second-order valence-corrected chi connectivity index (χ2v) is 14.3. The van der Waals surface area contributed by atoms with Gasteiger partial charge in [0.2, 0.25) is 0 Å². The monoisotopic (exact) mass is 656 g/mol. The Bertz CT molecular complexity index is 2680. The summed E-state index contributed by atoms with van der Waals surface area (Å²) >= 11 is 0. The van der Waals surface area contributed by atoms with Crippen molar-refractivity contribution in [1.82, 2.24) is 4.98 Å². The van der Waals surface area contributed by atoms with Gasteiger partial charge in [0.05, 0.1) is 0 Å². The Balaban J connectivity index is 1.13. The maximum absolute atomic E-state index is 6.83. The van der Waals surface area contributed by atoms with Crippen LogP contribution in [0, 0.1) is 5.92 Å². The normalized spacial score (nSPS) is 16.5. The molecular weight excluding hydrogens is 621 g/mol. The first kappa shape index (κ1) is 29.7. The van der Waals surface area contributed by atoms with Gasteiger partial charge in [-0.25, -0.2) is 0 Å². The second kappa shape index (κ2) is 11.4. The van der Waals surface area contributed by atoms with Gasteiger partial charge in [0.15, 0.2) is 0 Å². The minimum atomic E-state index is -0.0774. The highest BCUT2D eigenvalue weighted by atomic mass is 16.3. The van der Waals surface area contributed by atoms with Crippen LogP contribution in [-0.2, 0) is 5.41 Å². The van der Waals surface area contributed by atoms with E-state index in [2.05, 4.69) is 175 Å². The van der Waals surface area contributed by atoms with E-state index < -0.39 is 0 Å². The lowest BCUT2D eigenvalue weighted by molar-refractivity contribution is 0.564. The van der Waals surface area contributed by atoms with Crippen molar-refractivity contribution in [3.8, 4) is 22.3 Å². The molecule has 51 heavy (non-hydrogen) atoms. The number of pyridine rings is 1. The van der Waals surface area contributed by atoms with Crippen LogP contribution in [0.5, 0.6) is 0 Å². The molecule has 0 saturated heterocycles. The van der Waals surface area contributed by atoms with E-state index in [1.165, 1.54) is 55.1 Å². The first-order valence-electron chi connectivity index (χ1n) is 17.8. The fraction of sp³-hybridized carbons (Fsp3) is 0.104. The highest BCUT2D eigenvalue weighted by molar-refractivity contribution is 5.97. The SMILES string of the molecule is CC1(C)c2ccccc2-c2ccc(N(c3ccccc3)c3ccc(C4=c5oc6cccc(-c7ccncc7)c6c5=C5C=CC=CC5C4)cc3)cc21. The summed E-state index contributed by atoms with van der Waals surface area (Å²) in [6.07, 6.45) is 13.6. The van der Waals surface area contributed by atoms with Crippen LogP contribution in [0.1, 0.15) is 37.0 Å². The molecule has 3 heteroatoms. The Labute approximate surface area is 297 Å². The third-order valence-corrected chi connectivity index (χ3v) is 11.1. The van der Waals surface area contributed by atoms with Gasteiger partial charge in [-0.2, -0.15) is 0 Å². The third kappa shape index (κ3) is 4.62. The quantitative estimate of drug-likeness (QED) is 0.185. The lowest BCUT2D eigenvalue weighted by atomic mass is 9.81. The molecule has 0 spiro atoms. The molecule has 0 fully saturated rings. The van der Waals surface area contributed by atoms with Crippen LogP contribution >= 0.6 is 0 Å². The number of benzene rings is 5. The Hall–Kier alpha value is -6.19. The van der Waals surface area contributed by atoms with E-state index in [-0.39, 0.29) is 11.3 Å². The molecule has 2 heterocycles. The van der Waals surface area contributed by atoms with Gasteiger partial charge >= 0.3 is 0 Å². The van der Waals surface area contributed by atoms with Crippen molar-refractivity contribution >= 4 is 39.2 Å². The zero-order valence-corrected chi connectivity index (χ0v) is 28.7. The number of rotatable bonds is 5. The molecule has 1 atom stereocenters. The van der Waals surface area contributed by atoms with Gasteiger partial charge in [0.1, 0.15) is 11.0 Å². The van der Waals surface area contributed by atoms with E-state index in [9.17, 15) is 0 Å². The molecule has 3 nitrogen and oxygen atoms in total. The number of para-hydroxylation sites is 1. The van der Waals surface area contributed by atoms with E-state index in [0.29, 0.717) is 0 Å². The molecule has 0 amide bonds. The molecule has 7 aromatic rings. The van der Waals surface area contributed by atoms with Gasteiger partial charge in [0.25, 0.3) is 0 Å². The van der Waals surface area contributed by atoms with Gasteiger partial charge in [-0.15, -0.1) is 0 Å². The van der Waals surface area contributed by atoms with Crippen LogP contribution in [0.4, 0.5) is 17.1 Å². The third-order valence-electron chi connectivity index (χ3n) is 11.1. The van der Waals surface area contributed by atoms with Crippen molar-refractivity contribution in [2.75, 3.05) is 4.90 Å². The summed E-state index contributed by atoms with van der Waals surface area (Å²) in [5.74, 6) is 0.281. The van der Waals surface area contributed by atoms with E-state index in [1.807, 2.05) is 12.4 Å². The highest BCUT2D eigenvalue weighted by Crippen LogP contribution is 2.50. The van der Waals surface area contributed by atoms with E-state index >= 15 is 0 Å². The Morgan fingerprint density at radius 3 is 2.22 bits per heavy atom. The molecule has 0 bridgehead atoms. The van der Waals surface area contributed by atoms with Crippen LogP contribution < -0.4 is 15.5 Å². The van der Waals surface area contributed by atoms with Crippen molar-refractivity contribution < 1.29 is 4.42 Å². The molecule has 0 aliphatic heterocycles. The molecular formula is C48H36N2O. The molecule has 3 aliphatic carbocycles.